The third kappa shape index (κ3) is 3.64. The highest BCUT2D eigenvalue weighted by Gasteiger charge is 2.28. The van der Waals surface area contributed by atoms with Crippen molar-refractivity contribution in [2.45, 2.75) is 50.2 Å². The van der Waals surface area contributed by atoms with Crippen LogP contribution in [0, 0.1) is 6.92 Å². The number of benzene rings is 1. The Morgan fingerprint density at radius 3 is 2.79 bits per heavy atom. The zero-order chi connectivity index (χ0) is 20.9. The molecule has 3 heterocycles. The fourth-order valence-corrected chi connectivity index (χ4v) is 5.05. The quantitative estimate of drug-likeness (QED) is 0.534. The van der Waals surface area contributed by atoms with Gasteiger partial charge in [-0.2, -0.15) is 5.10 Å². The average molecular weight is 429 g/mol. The molecule has 0 bridgehead atoms. The smallest absolute Gasteiger partial charge is 0.259 e. The van der Waals surface area contributed by atoms with Crippen LogP contribution in [0.4, 0.5) is 5.69 Å². The number of nitrogens with zero attached hydrogens (tertiary/aromatic N) is 4. The maximum absolute atomic E-state index is 13.9. The van der Waals surface area contributed by atoms with E-state index in [4.69, 9.17) is 16.6 Å². The third-order valence-corrected chi connectivity index (χ3v) is 6.83. The Kier molecular flexibility index (Phi) is 5.34. The normalized spacial score (nSPS) is 16.9. The second-order valence-electron chi connectivity index (χ2n) is 7.94. The van der Waals surface area contributed by atoms with Gasteiger partial charge in [0.1, 0.15) is 0 Å². The Morgan fingerprint density at radius 2 is 2.07 bits per heavy atom. The van der Waals surface area contributed by atoms with E-state index in [2.05, 4.69) is 25.9 Å². The topological polar surface area (TPSA) is 51.0 Å². The van der Waals surface area contributed by atoms with Gasteiger partial charge in [-0.25, -0.2) is 4.98 Å². The predicted octanol–water partition coefficient (Wildman–Crippen LogP) is 5.58. The lowest BCUT2D eigenvalue weighted by atomic mass is 10.0. The molecule has 1 aliphatic rings. The molecule has 1 aliphatic heterocycles. The van der Waals surface area contributed by atoms with Crippen molar-refractivity contribution >= 4 is 46.0 Å². The lowest BCUT2D eigenvalue weighted by molar-refractivity contribution is 0.0988. The summed E-state index contributed by atoms with van der Waals surface area (Å²) in [7, 11) is 1.88. The van der Waals surface area contributed by atoms with Crippen molar-refractivity contribution in [3.05, 3.63) is 46.2 Å². The molecule has 5 nitrogen and oxygen atoms in total. The number of aromatic nitrogens is 3. The Balaban J connectivity index is 1.91. The zero-order valence-electron chi connectivity index (χ0n) is 17.4. The van der Waals surface area contributed by atoms with E-state index in [9.17, 15) is 4.79 Å². The molecule has 0 saturated heterocycles. The summed E-state index contributed by atoms with van der Waals surface area (Å²) in [5, 5.41) is 6.42. The number of fused-ring (bicyclic) bond motifs is 2. The number of hydrogen-bond donors (Lipinski definition) is 0. The highest BCUT2D eigenvalue weighted by Crippen LogP contribution is 2.40. The first kappa shape index (κ1) is 20.2. The molecule has 0 spiro atoms. The van der Waals surface area contributed by atoms with Crippen molar-refractivity contribution in [1.29, 1.82) is 0 Å². The number of carbonyl (C=O) groups is 1. The van der Waals surface area contributed by atoms with Crippen LogP contribution in [0.2, 0.25) is 5.02 Å². The molecule has 1 atom stereocenters. The van der Waals surface area contributed by atoms with Crippen LogP contribution in [-0.2, 0) is 7.05 Å². The second-order valence-corrected chi connectivity index (χ2v) is 9.86. The highest BCUT2D eigenvalue weighted by molar-refractivity contribution is 8.00. The number of amides is 1. The van der Waals surface area contributed by atoms with Crippen molar-refractivity contribution in [3.63, 3.8) is 0 Å². The largest absolute Gasteiger partial charge is 0.307 e. The minimum atomic E-state index is -0.0198. The van der Waals surface area contributed by atoms with Crippen LogP contribution >= 0.6 is 23.4 Å². The predicted molar refractivity (Wildman–Crippen MR) is 120 cm³/mol. The Labute approximate surface area is 180 Å². The molecule has 2 aromatic heterocycles. The summed E-state index contributed by atoms with van der Waals surface area (Å²) >= 11 is 8.10. The molecular formula is C22H25ClN4OS. The van der Waals surface area contributed by atoms with Gasteiger partial charge in [0.15, 0.2) is 5.65 Å². The first-order chi connectivity index (χ1) is 13.8. The van der Waals surface area contributed by atoms with Crippen molar-refractivity contribution in [1.82, 2.24) is 14.8 Å². The summed E-state index contributed by atoms with van der Waals surface area (Å²) in [6.45, 7) is 8.96. The number of thioether (sulfide) groups is 1. The van der Waals surface area contributed by atoms with Gasteiger partial charge in [-0.15, -0.1) is 11.8 Å². The lowest BCUT2D eigenvalue weighted by Crippen LogP contribution is -2.32. The summed E-state index contributed by atoms with van der Waals surface area (Å²) in [4.78, 5) is 21.6. The monoisotopic (exact) mass is 428 g/mol. The summed E-state index contributed by atoms with van der Waals surface area (Å²) < 4.78 is 1.76. The fourth-order valence-electron chi connectivity index (χ4n) is 3.79. The van der Waals surface area contributed by atoms with E-state index >= 15 is 0 Å². The molecule has 1 unspecified atom stereocenters. The SMILES string of the molecule is Cc1nn(C)c2nc(C(C)C)cc(C(=O)N3CCC(C)Sc4ccc(Cl)cc43)c12. The molecule has 29 heavy (non-hydrogen) atoms. The van der Waals surface area contributed by atoms with E-state index in [1.54, 1.807) is 16.4 Å². The molecule has 3 aromatic rings. The molecule has 0 saturated carbocycles. The Bertz CT molecular complexity index is 1110. The van der Waals surface area contributed by atoms with Gasteiger partial charge >= 0.3 is 0 Å². The molecule has 0 radical (unpaired) electrons. The van der Waals surface area contributed by atoms with Gasteiger partial charge in [-0.1, -0.05) is 32.4 Å². The average Bonchev–Trinajstić information content (AvgIpc) is 2.86. The second kappa shape index (κ2) is 7.65. The Hall–Kier alpha value is -2.05. The van der Waals surface area contributed by atoms with Crippen LogP contribution in [0.3, 0.4) is 0 Å². The van der Waals surface area contributed by atoms with Gasteiger partial charge in [-0.05, 0) is 43.5 Å². The first-order valence-electron chi connectivity index (χ1n) is 9.88. The van der Waals surface area contributed by atoms with Crippen molar-refractivity contribution < 1.29 is 4.79 Å². The van der Waals surface area contributed by atoms with Crippen LogP contribution in [0.15, 0.2) is 29.2 Å². The number of rotatable bonds is 2. The molecule has 7 heteroatoms. The minimum absolute atomic E-state index is 0.0198. The Morgan fingerprint density at radius 1 is 1.31 bits per heavy atom. The van der Waals surface area contributed by atoms with Crippen LogP contribution in [-0.4, -0.2) is 32.5 Å². The molecule has 152 valence electrons. The zero-order valence-corrected chi connectivity index (χ0v) is 18.9. The molecule has 0 fully saturated rings. The first-order valence-corrected chi connectivity index (χ1v) is 11.1. The highest BCUT2D eigenvalue weighted by atomic mass is 35.5. The van der Waals surface area contributed by atoms with Crippen molar-refractivity contribution in [2.24, 2.45) is 7.05 Å². The third-order valence-electron chi connectivity index (χ3n) is 5.35. The van der Waals surface area contributed by atoms with Crippen molar-refractivity contribution in [3.8, 4) is 0 Å². The van der Waals surface area contributed by atoms with Crippen LogP contribution in [0.25, 0.3) is 11.0 Å². The van der Waals surface area contributed by atoms with Crippen LogP contribution in [0.5, 0.6) is 0 Å². The number of halogens is 1. The number of anilines is 1. The number of hydrogen-bond acceptors (Lipinski definition) is 4. The van der Waals surface area contributed by atoms with Crippen molar-refractivity contribution in [2.75, 3.05) is 11.4 Å². The van der Waals surface area contributed by atoms with Gasteiger partial charge in [0.25, 0.3) is 5.91 Å². The molecular weight excluding hydrogens is 404 g/mol. The summed E-state index contributed by atoms with van der Waals surface area (Å²) in [5.41, 5.74) is 4.01. The van der Waals surface area contributed by atoms with Gasteiger partial charge in [0.2, 0.25) is 0 Å². The molecule has 0 aliphatic carbocycles. The van der Waals surface area contributed by atoms with Crippen LogP contribution < -0.4 is 4.90 Å². The van der Waals surface area contributed by atoms with E-state index in [0.29, 0.717) is 22.4 Å². The molecule has 4 rings (SSSR count). The van der Waals surface area contributed by atoms with Gasteiger partial charge in [0, 0.05) is 34.5 Å². The summed E-state index contributed by atoms with van der Waals surface area (Å²) in [6, 6.07) is 7.75. The maximum atomic E-state index is 13.9. The molecule has 0 N–H and O–H groups in total. The van der Waals surface area contributed by atoms with E-state index in [1.807, 2.05) is 43.1 Å². The molecule has 1 aromatic carbocycles. The minimum Gasteiger partial charge on any atom is -0.307 e. The van der Waals surface area contributed by atoms with Gasteiger partial charge < -0.3 is 4.90 Å². The standard InChI is InChI=1S/C22H25ClN4OS/c1-12(2)17-11-16(20-14(4)25-26(5)21(20)24-17)22(28)27-9-8-13(3)29-19-7-6-15(23)10-18(19)27/h6-7,10-13H,8-9H2,1-5H3. The lowest BCUT2D eigenvalue weighted by Gasteiger charge is -2.24. The van der Waals surface area contributed by atoms with Gasteiger partial charge in [-0.3, -0.25) is 9.48 Å². The van der Waals surface area contributed by atoms with Crippen LogP contribution in [0.1, 0.15) is 54.9 Å². The van der Waals surface area contributed by atoms with E-state index < -0.39 is 0 Å². The fraction of sp³-hybridized carbons (Fsp3) is 0.409. The van der Waals surface area contributed by atoms with Gasteiger partial charge in [0.05, 0.1) is 22.3 Å². The van der Waals surface area contributed by atoms with E-state index in [-0.39, 0.29) is 11.8 Å². The number of pyridine rings is 1. The maximum Gasteiger partial charge on any atom is 0.259 e. The van der Waals surface area contributed by atoms with E-state index in [1.165, 1.54) is 0 Å². The number of carbonyl (C=O) groups excluding carboxylic acids is 1. The number of aryl methyl sites for hydroxylation is 2. The summed E-state index contributed by atoms with van der Waals surface area (Å²) in [6.07, 6.45) is 0.917. The molecule has 1 amide bonds. The summed E-state index contributed by atoms with van der Waals surface area (Å²) in [5.74, 6) is 0.191. The van der Waals surface area contributed by atoms with E-state index in [0.717, 1.165) is 39.4 Å².